The number of allylic oxidation sites excluding steroid dienone is 5. The minimum absolute atomic E-state index is 0.785. The molecule has 0 saturated heterocycles. The molecule has 0 spiro atoms. The van der Waals surface area contributed by atoms with Gasteiger partial charge in [-0.3, -0.25) is 0 Å². The Morgan fingerprint density at radius 3 is 2.41 bits per heavy atom. The fourth-order valence-electron chi connectivity index (χ4n) is 1.19. The Hall–Kier alpha value is -2.02. The van der Waals surface area contributed by atoms with Gasteiger partial charge in [-0.15, -0.1) is 0 Å². The molecule has 0 fully saturated rings. The number of hydrogen-bond acceptors (Lipinski definition) is 1. The van der Waals surface area contributed by atoms with Gasteiger partial charge >= 0.3 is 0 Å². The van der Waals surface area contributed by atoms with Gasteiger partial charge in [-0.25, -0.2) is 0 Å². The van der Waals surface area contributed by atoms with Gasteiger partial charge in [0.05, 0.1) is 0 Å². The van der Waals surface area contributed by atoms with Crippen molar-refractivity contribution in [2.45, 2.75) is 13.8 Å². The molecule has 0 aliphatic heterocycles. The topological polar surface area (TPSA) is 26.0 Å². The van der Waals surface area contributed by atoms with Crippen LogP contribution in [-0.4, -0.2) is 0 Å². The summed E-state index contributed by atoms with van der Waals surface area (Å²) in [5.74, 6) is 0. The van der Waals surface area contributed by atoms with Crippen molar-refractivity contribution in [2.24, 2.45) is 0 Å². The molecule has 1 aromatic carbocycles. The third-order valence-corrected chi connectivity index (χ3v) is 1.96. The molecule has 0 amide bonds. The molecule has 17 heavy (non-hydrogen) atoms. The van der Waals surface area contributed by atoms with E-state index in [-0.39, 0.29) is 0 Å². The van der Waals surface area contributed by atoms with Gasteiger partial charge in [0, 0.05) is 5.69 Å². The van der Waals surface area contributed by atoms with E-state index in [1.165, 1.54) is 5.57 Å². The Kier molecular flexibility index (Phi) is 8.13. The predicted octanol–water partition coefficient (Wildman–Crippen LogP) is 4.61. The summed E-state index contributed by atoms with van der Waals surface area (Å²) >= 11 is 0. The smallest absolute Gasteiger partial charge is 0.0319 e. The summed E-state index contributed by atoms with van der Waals surface area (Å²) in [7, 11) is 0. The minimum atomic E-state index is 0.785. The van der Waals surface area contributed by atoms with E-state index in [2.05, 4.69) is 13.2 Å². The third kappa shape index (κ3) is 7.86. The first-order valence-electron chi connectivity index (χ1n) is 5.54. The highest BCUT2D eigenvalue weighted by molar-refractivity contribution is 5.53. The largest absolute Gasteiger partial charge is 0.399 e. The van der Waals surface area contributed by atoms with Crippen LogP contribution in [0, 0.1) is 0 Å². The van der Waals surface area contributed by atoms with E-state index in [0.29, 0.717) is 0 Å². The van der Waals surface area contributed by atoms with Gasteiger partial charge in [0.1, 0.15) is 0 Å². The number of nitrogen functional groups attached to an aromatic ring is 1. The summed E-state index contributed by atoms with van der Waals surface area (Å²) in [5, 5.41) is 0. The average molecular weight is 227 g/mol. The van der Waals surface area contributed by atoms with E-state index in [9.17, 15) is 0 Å². The highest BCUT2D eigenvalue weighted by Gasteiger charge is 1.83. The Morgan fingerprint density at radius 2 is 2.00 bits per heavy atom. The van der Waals surface area contributed by atoms with Gasteiger partial charge < -0.3 is 5.73 Å². The standard InChI is InChI=1S/C8H9N.C8H12/c1-2-7-4-3-5-8(9)6-7;1-4-6-8(3)7-5-2/h2-6H,1,9H2;4-7H,1H2,2-3H3/b;7-5-,8-6-. The molecule has 1 nitrogen and oxygen atoms in total. The van der Waals surface area contributed by atoms with Crippen molar-refractivity contribution in [3.05, 3.63) is 72.9 Å². The van der Waals surface area contributed by atoms with Crippen molar-refractivity contribution in [3.8, 4) is 0 Å². The highest BCUT2D eigenvalue weighted by Crippen LogP contribution is 2.06. The second-order valence-corrected chi connectivity index (χ2v) is 3.52. The zero-order valence-electron chi connectivity index (χ0n) is 10.7. The first-order chi connectivity index (χ1) is 8.13. The van der Waals surface area contributed by atoms with Crippen LogP contribution in [0.4, 0.5) is 5.69 Å². The van der Waals surface area contributed by atoms with Gasteiger partial charge in [0.2, 0.25) is 0 Å². The second kappa shape index (κ2) is 9.22. The van der Waals surface area contributed by atoms with Crippen LogP contribution in [-0.2, 0) is 0 Å². The Morgan fingerprint density at radius 1 is 1.29 bits per heavy atom. The summed E-state index contributed by atoms with van der Waals surface area (Å²) in [6.07, 6.45) is 9.59. The monoisotopic (exact) mass is 227 g/mol. The van der Waals surface area contributed by atoms with E-state index >= 15 is 0 Å². The number of anilines is 1. The van der Waals surface area contributed by atoms with Crippen LogP contribution >= 0.6 is 0 Å². The van der Waals surface area contributed by atoms with Gasteiger partial charge in [-0.05, 0) is 31.5 Å². The van der Waals surface area contributed by atoms with Gasteiger partial charge in [0.25, 0.3) is 0 Å². The van der Waals surface area contributed by atoms with Gasteiger partial charge in [-0.2, -0.15) is 0 Å². The van der Waals surface area contributed by atoms with Crippen molar-refractivity contribution in [3.63, 3.8) is 0 Å². The molecule has 1 rings (SSSR count). The number of rotatable bonds is 3. The molecule has 0 unspecified atom stereocenters. The molecule has 0 radical (unpaired) electrons. The first kappa shape index (κ1) is 15.0. The van der Waals surface area contributed by atoms with E-state index < -0.39 is 0 Å². The quantitative estimate of drug-likeness (QED) is 0.592. The van der Waals surface area contributed by atoms with Crippen LogP contribution in [0.25, 0.3) is 6.08 Å². The zero-order valence-corrected chi connectivity index (χ0v) is 10.7. The maximum atomic E-state index is 5.49. The van der Waals surface area contributed by atoms with Crippen LogP contribution in [0.2, 0.25) is 0 Å². The lowest BCUT2D eigenvalue weighted by Gasteiger charge is -1.92. The van der Waals surface area contributed by atoms with Gasteiger partial charge in [0.15, 0.2) is 0 Å². The molecule has 1 heteroatoms. The summed E-state index contributed by atoms with van der Waals surface area (Å²) < 4.78 is 0. The lowest BCUT2D eigenvalue weighted by molar-refractivity contribution is 1.51. The molecule has 90 valence electrons. The molecular formula is C16H21N. The lowest BCUT2D eigenvalue weighted by Crippen LogP contribution is -1.82. The molecular weight excluding hydrogens is 206 g/mol. The third-order valence-electron chi connectivity index (χ3n) is 1.96. The molecule has 0 aromatic heterocycles. The molecule has 0 aliphatic carbocycles. The molecule has 2 N–H and O–H groups in total. The lowest BCUT2D eigenvalue weighted by atomic mass is 10.2. The summed E-state index contributed by atoms with van der Waals surface area (Å²) in [6, 6.07) is 7.61. The van der Waals surface area contributed by atoms with E-state index in [0.717, 1.165) is 11.3 Å². The Bertz CT molecular complexity index is 411. The fourth-order valence-corrected chi connectivity index (χ4v) is 1.19. The molecule has 0 saturated carbocycles. The fraction of sp³-hybridized carbons (Fsp3) is 0.125. The van der Waals surface area contributed by atoms with Crippen LogP contribution in [0.3, 0.4) is 0 Å². The maximum Gasteiger partial charge on any atom is 0.0319 e. The average Bonchev–Trinajstić information content (AvgIpc) is 2.30. The summed E-state index contributed by atoms with van der Waals surface area (Å²) in [5.41, 5.74) is 8.57. The minimum Gasteiger partial charge on any atom is -0.399 e. The molecule has 0 atom stereocenters. The van der Waals surface area contributed by atoms with Crippen molar-refractivity contribution in [1.29, 1.82) is 0 Å². The summed E-state index contributed by atoms with van der Waals surface area (Å²) in [6.45, 7) is 11.2. The van der Waals surface area contributed by atoms with Crippen molar-refractivity contribution < 1.29 is 0 Å². The van der Waals surface area contributed by atoms with Crippen molar-refractivity contribution >= 4 is 11.8 Å². The first-order valence-corrected chi connectivity index (χ1v) is 5.54. The van der Waals surface area contributed by atoms with Crippen LogP contribution in [0.15, 0.2) is 67.3 Å². The van der Waals surface area contributed by atoms with E-state index in [4.69, 9.17) is 5.73 Å². The Balaban J connectivity index is 0.000000304. The number of nitrogens with two attached hydrogens (primary N) is 1. The molecule has 0 heterocycles. The SMILES string of the molecule is C=C/C=C(C)\C=C/C.C=Cc1cccc(N)c1. The van der Waals surface area contributed by atoms with Crippen molar-refractivity contribution in [2.75, 3.05) is 5.73 Å². The van der Waals surface area contributed by atoms with Crippen LogP contribution in [0.5, 0.6) is 0 Å². The van der Waals surface area contributed by atoms with Crippen LogP contribution < -0.4 is 5.73 Å². The van der Waals surface area contributed by atoms with E-state index in [1.54, 1.807) is 12.2 Å². The van der Waals surface area contributed by atoms with Gasteiger partial charge in [-0.1, -0.05) is 61.2 Å². The number of hydrogen-bond donors (Lipinski definition) is 1. The highest BCUT2D eigenvalue weighted by atomic mass is 14.5. The van der Waals surface area contributed by atoms with Crippen molar-refractivity contribution in [1.82, 2.24) is 0 Å². The normalized spacial score (nSPS) is 10.6. The van der Waals surface area contributed by atoms with E-state index in [1.807, 2.05) is 56.3 Å². The molecule has 0 aliphatic rings. The zero-order chi connectivity index (χ0) is 13.1. The Labute approximate surface area is 105 Å². The predicted molar refractivity (Wildman–Crippen MR) is 79.7 cm³/mol. The maximum absolute atomic E-state index is 5.49. The molecule has 1 aromatic rings. The summed E-state index contributed by atoms with van der Waals surface area (Å²) in [4.78, 5) is 0. The second-order valence-electron chi connectivity index (χ2n) is 3.52. The molecule has 0 bridgehead atoms. The number of benzene rings is 1. The van der Waals surface area contributed by atoms with Crippen LogP contribution in [0.1, 0.15) is 19.4 Å².